The molecule has 3 heterocycles. The van der Waals surface area contributed by atoms with Crippen LogP contribution in [0.25, 0.3) is 11.3 Å². The molecule has 4 rings (SSSR count). The topological polar surface area (TPSA) is 79.2 Å². The van der Waals surface area contributed by atoms with Crippen molar-refractivity contribution in [3.05, 3.63) is 53.5 Å². The average molecular weight is 462 g/mol. The fourth-order valence-electron chi connectivity index (χ4n) is 4.21. The van der Waals surface area contributed by atoms with E-state index in [-0.39, 0.29) is 5.91 Å². The van der Waals surface area contributed by atoms with Gasteiger partial charge in [0.1, 0.15) is 0 Å². The van der Waals surface area contributed by atoms with Gasteiger partial charge in [0.15, 0.2) is 0 Å². The largest absolute Gasteiger partial charge is 0.338 e. The molecule has 0 saturated carbocycles. The number of amides is 1. The van der Waals surface area contributed by atoms with Crippen LogP contribution in [0.1, 0.15) is 49.4 Å². The number of hydrogen-bond donors (Lipinski definition) is 1. The van der Waals surface area contributed by atoms with E-state index in [1.165, 1.54) is 11.1 Å². The molecule has 8 heteroatoms. The molecule has 0 radical (unpaired) electrons. The maximum atomic E-state index is 12.6. The first-order valence-corrected chi connectivity index (χ1v) is 12.0. The van der Waals surface area contributed by atoms with Crippen molar-refractivity contribution in [3.63, 3.8) is 0 Å². The zero-order valence-electron chi connectivity index (χ0n) is 20.9. The summed E-state index contributed by atoms with van der Waals surface area (Å²) in [7, 11) is 4.08. The van der Waals surface area contributed by atoms with Crippen LogP contribution in [-0.4, -0.2) is 62.6 Å². The second kappa shape index (κ2) is 10.3. The summed E-state index contributed by atoms with van der Waals surface area (Å²) in [5, 5.41) is 7.80. The lowest BCUT2D eigenvalue weighted by Crippen LogP contribution is -2.36. The summed E-state index contributed by atoms with van der Waals surface area (Å²) in [4.78, 5) is 25.9. The van der Waals surface area contributed by atoms with Gasteiger partial charge in [-0.2, -0.15) is 5.10 Å². The number of fused-ring (bicyclic) bond motifs is 1. The fraction of sp³-hybridized carbons (Fsp3) is 0.462. The quantitative estimate of drug-likeness (QED) is 0.542. The van der Waals surface area contributed by atoms with Gasteiger partial charge in [0.2, 0.25) is 11.9 Å². The minimum atomic E-state index is 0.246. The Morgan fingerprint density at radius 3 is 2.76 bits per heavy atom. The van der Waals surface area contributed by atoms with E-state index in [4.69, 9.17) is 4.98 Å². The van der Waals surface area contributed by atoms with Gasteiger partial charge >= 0.3 is 0 Å². The molecule has 3 aromatic rings. The number of aromatic nitrogens is 4. The molecule has 1 aliphatic heterocycles. The number of aryl methyl sites for hydroxylation is 1. The summed E-state index contributed by atoms with van der Waals surface area (Å²) in [6.07, 6.45) is 8.08. The molecular weight excluding hydrogens is 426 g/mol. The number of nitrogens with one attached hydrogen (secondary N) is 1. The van der Waals surface area contributed by atoms with E-state index in [1.807, 2.05) is 55.3 Å². The van der Waals surface area contributed by atoms with Gasteiger partial charge in [-0.25, -0.2) is 9.97 Å². The third-order valence-corrected chi connectivity index (χ3v) is 6.20. The average Bonchev–Trinajstić information content (AvgIpc) is 3.30. The second-order valence-electron chi connectivity index (χ2n) is 9.61. The Hall–Kier alpha value is -3.26. The van der Waals surface area contributed by atoms with E-state index in [2.05, 4.69) is 46.3 Å². The molecule has 34 heavy (non-hydrogen) atoms. The summed E-state index contributed by atoms with van der Waals surface area (Å²) in [6.45, 7) is 8.61. The minimum Gasteiger partial charge on any atom is -0.338 e. The zero-order valence-corrected chi connectivity index (χ0v) is 20.9. The molecular formula is C26H35N7O. The minimum absolute atomic E-state index is 0.246. The summed E-state index contributed by atoms with van der Waals surface area (Å²) in [6, 6.07) is 6.60. The van der Waals surface area contributed by atoms with Gasteiger partial charge in [-0.15, -0.1) is 0 Å². The van der Waals surface area contributed by atoms with Gasteiger partial charge in [-0.05, 0) is 83.1 Å². The first-order valence-electron chi connectivity index (χ1n) is 12.0. The van der Waals surface area contributed by atoms with Crippen molar-refractivity contribution in [2.75, 3.05) is 32.5 Å². The van der Waals surface area contributed by atoms with Crippen LogP contribution in [0.2, 0.25) is 0 Å². The molecule has 2 aromatic heterocycles. The predicted octanol–water partition coefficient (Wildman–Crippen LogP) is 4.20. The summed E-state index contributed by atoms with van der Waals surface area (Å²) in [5.74, 6) is 0.808. The Morgan fingerprint density at radius 2 is 2.03 bits per heavy atom. The smallest absolute Gasteiger partial charge is 0.227 e. The lowest BCUT2D eigenvalue weighted by atomic mass is 9.98. The molecule has 1 aromatic carbocycles. The highest BCUT2D eigenvalue weighted by Crippen LogP contribution is 2.26. The number of nitrogens with zero attached hydrogens (tertiary/aromatic N) is 6. The molecule has 0 aliphatic carbocycles. The number of carbonyl (C=O) groups excluding carboxylic acids is 1. The van der Waals surface area contributed by atoms with Gasteiger partial charge in [0.05, 0.1) is 11.9 Å². The molecule has 0 atom stereocenters. The van der Waals surface area contributed by atoms with Gasteiger partial charge in [0.25, 0.3) is 0 Å². The van der Waals surface area contributed by atoms with E-state index < -0.39 is 0 Å². The SMILES string of the molecule is Cc1cnc(Nc2ccc3c(c2)CCN(C(=O)CCCN(C)C)C3)nc1-c1cnn(C(C)C)c1. The predicted molar refractivity (Wildman–Crippen MR) is 135 cm³/mol. The second-order valence-corrected chi connectivity index (χ2v) is 9.61. The molecule has 1 N–H and O–H groups in total. The standard InChI is InChI=1S/C26H35N7O/c1-18(2)33-17-22(15-28-33)25-19(3)14-27-26(30-25)29-23-9-8-21-16-32(12-10-20(21)13-23)24(34)7-6-11-31(4)5/h8-9,13-15,17-18H,6-7,10-12,16H2,1-5H3,(H,27,29,30). The molecule has 1 aliphatic rings. The van der Waals surface area contributed by atoms with Crippen LogP contribution in [0.3, 0.4) is 0 Å². The normalized spacial score (nSPS) is 13.4. The number of carbonyl (C=O) groups is 1. The molecule has 0 unspecified atom stereocenters. The van der Waals surface area contributed by atoms with Crippen molar-refractivity contribution < 1.29 is 4.79 Å². The summed E-state index contributed by atoms with van der Waals surface area (Å²) >= 11 is 0. The van der Waals surface area contributed by atoms with Crippen LogP contribution in [0, 0.1) is 6.92 Å². The Morgan fingerprint density at radius 1 is 1.21 bits per heavy atom. The van der Waals surface area contributed by atoms with E-state index in [0.29, 0.717) is 25.0 Å². The van der Waals surface area contributed by atoms with Crippen LogP contribution < -0.4 is 5.32 Å². The van der Waals surface area contributed by atoms with Crippen LogP contribution >= 0.6 is 0 Å². The van der Waals surface area contributed by atoms with E-state index in [1.54, 1.807) is 0 Å². The van der Waals surface area contributed by atoms with E-state index >= 15 is 0 Å². The van der Waals surface area contributed by atoms with Crippen molar-refractivity contribution in [1.82, 2.24) is 29.5 Å². The van der Waals surface area contributed by atoms with Crippen molar-refractivity contribution in [2.24, 2.45) is 0 Å². The van der Waals surface area contributed by atoms with Gasteiger partial charge in [-0.1, -0.05) is 6.07 Å². The Labute approximate surface area is 202 Å². The van der Waals surface area contributed by atoms with Gasteiger partial charge in [0, 0.05) is 49.2 Å². The third-order valence-electron chi connectivity index (χ3n) is 6.20. The molecule has 0 fully saturated rings. The van der Waals surface area contributed by atoms with Crippen molar-refractivity contribution in [3.8, 4) is 11.3 Å². The highest BCUT2D eigenvalue weighted by Gasteiger charge is 2.21. The number of rotatable bonds is 8. The lowest BCUT2D eigenvalue weighted by molar-refractivity contribution is -0.132. The highest BCUT2D eigenvalue weighted by atomic mass is 16.2. The molecule has 0 bridgehead atoms. The molecule has 1 amide bonds. The lowest BCUT2D eigenvalue weighted by Gasteiger charge is -2.29. The molecule has 0 spiro atoms. The molecule has 8 nitrogen and oxygen atoms in total. The molecule has 180 valence electrons. The Balaban J connectivity index is 1.44. The van der Waals surface area contributed by atoms with E-state index in [0.717, 1.165) is 48.4 Å². The number of hydrogen-bond acceptors (Lipinski definition) is 6. The fourth-order valence-corrected chi connectivity index (χ4v) is 4.21. The van der Waals surface area contributed by atoms with Crippen molar-refractivity contribution in [2.45, 2.75) is 52.6 Å². The van der Waals surface area contributed by atoms with Crippen molar-refractivity contribution >= 4 is 17.5 Å². The zero-order chi connectivity index (χ0) is 24.2. The molecule has 0 saturated heterocycles. The van der Waals surface area contributed by atoms with Crippen LogP contribution in [0.5, 0.6) is 0 Å². The number of benzene rings is 1. The third kappa shape index (κ3) is 5.62. The first kappa shape index (κ1) is 23.9. The number of anilines is 2. The monoisotopic (exact) mass is 461 g/mol. The summed E-state index contributed by atoms with van der Waals surface area (Å²) < 4.78 is 1.93. The van der Waals surface area contributed by atoms with Crippen LogP contribution in [-0.2, 0) is 17.8 Å². The van der Waals surface area contributed by atoms with Crippen LogP contribution in [0.4, 0.5) is 11.6 Å². The summed E-state index contributed by atoms with van der Waals surface area (Å²) in [5.41, 5.74) is 6.31. The highest BCUT2D eigenvalue weighted by molar-refractivity contribution is 5.76. The van der Waals surface area contributed by atoms with E-state index in [9.17, 15) is 4.79 Å². The maximum absolute atomic E-state index is 12.6. The van der Waals surface area contributed by atoms with Crippen molar-refractivity contribution in [1.29, 1.82) is 0 Å². The van der Waals surface area contributed by atoms with Gasteiger partial charge < -0.3 is 15.1 Å². The first-order chi connectivity index (χ1) is 16.3. The van der Waals surface area contributed by atoms with Gasteiger partial charge in [-0.3, -0.25) is 9.48 Å². The maximum Gasteiger partial charge on any atom is 0.227 e. The Kier molecular flexibility index (Phi) is 7.26. The van der Waals surface area contributed by atoms with Crippen LogP contribution in [0.15, 0.2) is 36.8 Å². The Bertz CT molecular complexity index is 1150.